The third-order valence-corrected chi connectivity index (χ3v) is 9.06. The van der Waals surface area contributed by atoms with Crippen LogP contribution in [0.2, 0.25) is 0 Å². The zero-order valence-electron chi connectivity index (χ0n) is 26.3. The summed E-state index contributed by atoms with van der Waals surface area (Å²) in [5.74, 6) is 1.85. The minimum Gasteiger partial charge on any atom is -0.390 e. The number of rotatable bonds is 6. The van der Waals surface area contributed by atoms with Gasteiger partial charge in [-0.05, 0) is 94.2 Å². The van der Waals surface area contributed by atoms with Crippen LogP contribution in [0, 0.1) is 35.0 Å². The van der Waals surface area contributed by atoms with E-state index in [0.29, 0.717) is 24.2 Å². The zero-order valence-corrected chi connectivity index (χ0v) is 23.1. The molecule has 1 nitrogen and oxygen atoms in total. The van der Waals surface area contributed by atoms with Crippen molar-refractivity contribution in [1.82, 2.24) is 0 Å². The van der Waals surface area contributed by atoms with E-state index < -0.39 is 19.3 Å². The molecule has 0 aromatic rings. The largest absolute Gasteiger partial charge is 0.390 e. The van der Waals surface area contributed by atoms with Gasteiger partial charge in [0.2, 0.25) is 0 Å². The average molecular weight is 515 g/mol. The van der Waals surface area contributed by atoms with Gasteiger partial charge in [-0.25, -0.2) is 0 Å². The molecule has 3 unspecified atom stereocenters. The Morgan fingerprint density at radius 3 is 2.69 bits per heavy atom. The van der Waals surface area contributed by atoms with E-state index in [2.05, 4.69) is 39.0 Å². The second-order valence-electron chi connectivity index (χ2n) is 11.3. The Morgan fingerprint density at radius 1 is 1.25 bits per heavy atom. The molecule has 4 atom stereocenters. The van der Waals surface area contributed by atoms with Gasteiger partial charge in [0.05, 0.1) is 5.60 Å². The number of aliphatic hydroxyl groups is 1. The fraction of sp³-hybridized carbons (Fsp3) is 0.759. The quantitative estimate of drug-likeness (QED) is 0.286. The predicted molar refractivity (Wildman–Crippen MR) is 134 cm³/mol. The van der Waals surface area contributed by atoms with Crippen LogP contribution < -0.4 is 0 Å². The van der Waals surface area contributed by atoms with Crippen LogP contribution in [0.15, 0.2) is 35.5 Å². The van der Waals surface area contributed by atoms with Crippen LogP contribution in [0.5, 0.6) is 0 Å². The van der Waals surface area contributed by atoms with Crippen LogP contribution in [0.4, 0.5) is 0 Å². The van der Waals surface area contributed by atoms with Gasteiger partial charge >= 0.3 is 0 Å². The van der Waals surface area contributed by atoms with Crippen molar-refractivity contribution in [2.75, 3.05) is 0 Å². The van der Waals surface area contributed by atoms with Crippen molar-refractivity contribution in [3.8, 4) is 0 Å². The number of fused-ring (bicyclic) bond motifs is 1. The van der Waals surface area contributed by atoms with Crippen molar-refractivity contribution in [2.45, 2.75) is 110 Å². The van der Waals surface area contributed by atoms with Crippen molar-refractivity contribution < 1.29 is 46.0 Å². The first-order chi connectivity index (χ1) is 16.6. The monoisotopic (exact) mass is 515 g/mol. The fourth-order valence-corrected chi connectivity index (χ4v) is 7.32. The summed E-state index contributed by atoms with van der Waals surface area (Å²) in [7, 11) is 0. The minimum atomic E-state index is -2.92. The molecule has 4 aliphatic carbocycles. The third kappa shape index (κ3) is 6.07. The van der Waals surface area contributed by atoms with E-state index in [0.717, 1.165) is 32.1 Å². The summed E-state index contributed by atoms with van der Waals surface area (Å²) in [6.45, 7) is 3.20. The van der Waals surface area contributed by atoms with Crippen LogP contribution >= 0.6 is 0 Å². The molecule has 0 saturated heterocycles. The van der Waals surface area contributed by atoms with Gasteiger partial charge in [-0.2, -0.15) is 18.6 Å². The predicted octanol–water partition coefficient (Wildman–Crippen LogP) is 7.58. The first kappa shape index (κ1) is 20.4. The molecule has 3 heteroatoms. The Labute approximate surface area is 234 Å². The Hall–Kier alpha value is 0.219. The molecule has 4 rings (SSSR count). The molecular weight excluding hydrogens is 464 g/mol. The van der Waals surface area contributed by atoms with Gasteiger partial charge < -0.3 is 5.11 Å². The Balaban J connectivity index is 0.00000253. The van der Waals surface area contributed by atoms with Crippen LogP contribution in [-0.4, -0.2) is 19.1 Å². The van der Waals surface area contributed by atoms with Crippen molar-refractivity contribution in [3.63, 3.8) is 0 Å². The third-order valence-electron chi connectivity index (χ3n) is 9.06. The van der Waals surface area contributed by atoms with E-state index in [4.69, 9.17) is 8.22 Å². The van der Waals surface area contributed by atoms with Crippen molar-refractivity contribution in [2.24, 2.45) is 28.6 Å². The second kappa shape index (κ2) is 10.9. The molecule has 0 aliphatic heterocycles. The number of allylic oxidation sites excluding steroid dienone is 5. The summed E-state index contributed by atoms with van der Waals surface area (Å²) < 4.78 is 46.0. The summed E-state index contributed by atoms with van der Waals surface area (Å²) in [5, 5.41) is 10.7. The fourth-order valence-electron chi connectivity index (χ4n) is 7.32. The Morgan fingerprint density at radius 2 is 2.00 bits per heavy atom. The maximum absolute atomic E-state index is 10.7. The maximum Gasteiger partial charge on any atom is 0.0591 e. The molecule has 0 spiro atoms. The van der Waals surface area contributed by atoms with Gasteiger partial charge in [-0.1, -0.05) is 50.7 Å². The van der Waals surface area contributed by atoms with Crippen molar-refractivity contribution >= 4 is 8.41 Å². The van der Waals surface area contributed by atoms with E-state index in [1.807, 2.05) is 0 Å². The molecule has 0 heterocycles. The van der Waals surface area contributed by atoms with Gasteiger partial charge in [0.1, 0.15) is 0 Å². The summed E-state index contributed by atoms with van der Waals surface area (Å²) >= 11 is 0. The molecule has 4 fully saturated rings. The van der Waals surface area contributed by atoms with Gasteiger partial charge in [-0.3, -0.25) is 0 Å². The van der Waals surface area contributed by atoms with E-state index in [-0.39, 0.29) is 58.4 Å². The van der Waals surface area contributed by atoms with E-state index >= 15 is 0 Å². The molecular formula is C29H45BOY-. The molecule has 4 radical (unpaired) electrons. The Kier molecular flexibility index (Phi) is 6.93. The van der Waals surface area contributed by atoms with Crippen LogP contribution in [0.3, 0.4) is 0 Å². The summed E-state index contributed by atoms with van der Waals surface area (Å²) in [5.41, 5.74) is 1.92. The molecule has 0 aromatic heterocycles. The molecule has 0 aromatic carbocycles. The van der Waals surface area contributed by atoms with E-state index in [9.17, 15) is 5.11 Å². The van der Waals surface area contributed by atoms with Crippen molar-refractivity contribution in [3.05, 3.63) is 41.9 Å². The topological polar surface area (TPSA) is 20.2 Å². The first-order valence-corrected chi connectivity index (χ1v) is 12.3. The SMILES string of the molecule is [2H]C([2H])([2H])C(O)(CCCC1(C2CCC3/C(=C/C=C4/CC(C)C[CH-]C4=C)CCC[C@@]32C)CC1)C([2H])([2H])[2H].[B].[Y]. The molecule has 4 saturated carbocycles. The molecule has 4 aliphatic rings. The van der Waals surface area contributed by atoms with Crippen LogP contribution in [0.25, 0.3) is 0 Å². The summed E-state index contributed by atoms with van der Waals surface area (Å²) in [4.78, 5) is 0. The number of hydrogen-bond acceptors (Lipinski definition) is 1. The standard InChI is InChI=1S/C29H45O.B.Y/c1-21-9-10-22(2)24(20-21)12-11-23-8-6-16-28(5)25(23)13-14-26(28)29(18-19-29)17-7-15-27(3,4)30;;/h10-12,21,25-26,30H,2,6-9,13-20H2,1,3-5H3;;/q-1;;/b23-11+,24-12-;;/t21?,25?,26?,28-;;/m0../s1/i3D3,4D3;;. The van der Waals surface area contributed by atoms with E-state index in [1.165, 1.54) is 43.3 Å². The molecule has 0 bridgehead atoms. The molecule has 1 N–H and O–H groups in total. The van der Waals surface area contributed by atoms with E-state index in [1.54, 1.807) is 5.57 Å². The maximum atomic E-state index is 10.7. The second-order valence-corrected chi connectivity index (χ2v) is 11.3. The molecule has 174 valence electrons. The zero-order chi connectivity index (χ0) is 26.6. The summed E-state index contributed by atoms with van der Waals surface area (Å²) in [6, 6.07) is 0. The van der Waals surface area contributed by atoms with Gasteiger partial charge in [0.15, 0.2) is 0 Å². The van der Waals surface area contributed by atoms with Crippen LogP contribution in [-0.2, 0) is 32.7 Å². The first-order valence-electron chi connectivity index (χ1n) is 15.3. The van der Waals surface area contributed by atoms with Gasteiger partial charge in [-0.15, -0.1) is 11.6 Å². The minimum absolute atomic E-state index is 0. The Bertz CT molecular complexity index is 905. The van der Waals surface area contributed by atoms with Gasteiger partial charge in [0, 0.05) is 49.3 Å². The van der Waals surface area contributed by atoms with Crippen LogP contribution in [0.1, 0.15) is 113 Å². The summed E-state index contributed by atoms with van der Waals surface area (Å²) in [6.07, 6.45) is 18.5. The van der Waals surface area contributed by atoms with Crippen molar-refractivity contribution in [1.29, 1.82) is 0 Å². The smallest absolute Gasteiger partial charge is 0.0591 e. The average Bonchev–Trinajstić information content (AvgIpc) is 3.45. The molecule has 32 heavy (non-hydrogen) atoms. The number of hydrogen-bond donors (Lipinski definition) is 1. The normalized spacial score (nSPS) is 39.7. The molecule has 0 amide bonds. The van der Waals surface area contributed by atoms with Gasteiger partial charge in [0.25, 0.3) is 0 Å².